The second-order valence-electron chi connectivity index (χ2n) is 8.04. The first-order valence-corrected chi connectivity index (χ1v) is 10.7. The molecule has 1 aromatic carbocycles. The van der Waals surface area contributed by atoms with Crippen LogP contribution in [0.1, 0.15) is 30.9 Å². The molecule has 160 valence electrons. The van der Waals surface area contributed by atoms with Crippen LogP contribution in [0.2, 0.25) is 0 Å². The first-order chi connectivity index (χ1) is 14.6. The Bertz CT molecular complexity index is 843. The van der Waals surface area contributed by atoms with E-state index in [1.54, 1.807) is 18.1 Å². The maximum absolute atomic E-state index is 13.4. The minimum atomic E-state index is -0.452. The number of amides is 3. The van der Waals surface area contributed by atoms with E-state index in [1.165, 1.54) is 19.3 Å². The van der Waals surface area contributed by atoms with E-state index < -0.39 is 6.04 Å². The number of ether oxygens (including phenoxy) is 1. The average Bonchev–Trinajstić information content (AvgIpc) is 3.11. The summed E-state index contributed by atoms with van der Waals surface area (Å²) >= 11 is 0. The summed E-state index contributed by atoms with van der Waals surface area (Å²) in [4.78, 5) is 32.2. The van der Waals surface area contributed by atoms with Gasteiger partial charge in [-0.05, 0) is 43.6 Å². The molecule has 3 aliphatic rings. The van der Waals surface area contributed by atoms with Crippen LogP contribution in [0.4, 0.5) is 4.79 Å². The van der Waals surface area contributed by atoms with Gasteiger partial charge < -0.3 is 19.9 Å². The second-order valence-corrected chi connectivity index (χ2v) is 8.04. The number of likely N-dealkylation sites (tertiary alicyclic amines) is 1. The third kappa shape index (κ3) is 3.94. The third-order valence-corrected chi connectivity index (χ3v) is 6.19. The quantitative estimate of drug-likeness (QED) is 0.702. The molecule has 1 N–H and O–H groups in total. The summed E-state index contributed by atoms with van der Waals surface area (Å²) in [6.07, 6.45) is 5.45. The summed E-state index contributed by atoms with van der Waals surface area (Å²) < 4.78 is 5.24. The molecule has 7 heteroatoms. The van der Waals surface area contributed by atoms with Crippen molar-refractivity contribution in [3.05, 3.63) is 53.8 Å². The largest absolute Gasteiger partial charge is 0.497 e. The first-order valence-electron chi connectivity index (χ1n) is 10.7. The van der Waals surface area contributed by atoms with Gasteiger partial charge in [-0.15, -0.1) is 6.58 Å². The number of urea groups is 1. The topological polar surface area (TPSA) is 65.1 Å². The molecule has 3 aliphatic heterocycles. The number of hydrogen-bond acceptors (Lipinski definition) is 4. The van der Waals surface area contributed by atoms with Crippen molar-refractivity contribution in [2.75, 3.05) is 46.4 Å². The summed E-state index contributed by atoms with van der Waals surface area (Å²) in [7, 11) is 1.62. The van der Waals surface area contributed by atoms with Crippen LogP contribution in [0.3, 0.4) is 0 Å². The van der Waals surface area contributed by atoms with E-state index in [1.807, 2.05) is 29.2 Å². The maximum atomic E-state index is 13.4. The number of hydrogen-bond donors (Lipinski definition) is 1. The van der Waals surface area contributed by atoms with Gasteiger partial charge in [0.2, 0.25) is 0 Å². The number of carbonyl (C=O) groups is 2. The SMILES string of the molecule is C=CCN1C(=O)NC(c2ccc(OC)cc2)C2=C1CN(CCN1CCCCC1)C2=O. The molecule has 1 fully saturated rings. The summed E-state index contributed by atoms with van der Waals surface area (Å²) in [5, 5.41) is 3.02. The zero-order valence-electron chi connectivity index (χ0n) is 17.6. The molecule has 0 spiro atoms. The Morgan fingerprint density at radius 3 is 2.53 bits per heavy atom. The van der Waals surface area contributed by atoms with Crippen molar-refractivity contribution in [2.45, 2.75) is 25.3 Å². The Morgan fingerprint density at radius 1 is 1.13 bits per heavy atom. The van der Waals surface area contributed by atoms with E-state index in [0.717, 1.165) is 36.6 Å². The number of rotatable bonds is 7. The van der Waals surface area contributed by atoms with Gasteiger partial charge in [0.05, 0.1) is 31.0 Å². The highest BCUT2D eigenvalue weighted by Gasteiger charge is 2.43. The third-order valence-electron chi connectivity index (χ3n) is 6.19. The highest BCUT2D eigenvalue weighted by molar-refractivity contribution is 6.01. The van der Waals surface area contributed by atoms with E-state index >= 15 is 0 Å². The van der Waals surface area contributed by atoms with Crippen LogP contribution in [0.15, 0.2) is 48.2 Å². The van der Waals surface area contributed by atoms with Gasteiger partial charge in [-0.1, -0.05) is 24.6 Å². The lowest BCUT2D eigenvalue weighted by molar-refractivity contribution is -0.126. The van der Waals surface area contributed by atoms with E-state index in [9.17, 15) is 9.59 Å². The molecule has 0 aliphatic carbocycles. The highest BCUT2D eigenvalue weighted by atomic mass is 16.5. The first kappa shape index (κ1) is 20.5. The number of methoxy groups -OCH3 is 1. The minimum absolute atomic E-state index is 0.0110. The van der Waals surface area contributed by atoms with Crippen LogP contribution in [-0.4, -0.2) is 73.0 Å². The van der Waals surface area contributed by atoms with Crippen LogP contribution in [0.25, 0.3) is 0 Å². The normalized spacial score (nSPS) is 22.2. The highest BCUT2D eigenvalue weighted by Crippen LogP contribution is 2.36. The van der Waals surface area contributed by atoms with Crippen molar-refractivity contribution in [3.8, 4) is 5.75 Å². The van der Waals surface area contributed by atoms with Gasteiger partial charge in [-0.3, -0.25) is 9.69 Å². The van der Waals surface area contributed by atoms with Gasteiger partial charge >= 0.3 is 6.03 Å². The van der Waals surface area contributed by atoms with Gasteiger partial charge in [-0.25, -0.2) is 4.79 Å². The molecule has 7 nitrogen and oxygen atoms in total. The van der Waals surface area contributed by atoms with Crippen molar-refractivity contribution in [2.24, 2.45) is 0 Å². The van der Waals surface area contributed by atoms with E-state index in [4.69, 9.17) is 4.74 Å². The predicted octanol–water partition coefficient (Wildman–Crippen LogP) is 2.53. The molecular formula is C23H30N4O3. The number of nitrogens with one attached hydrogen (secondary N) is 1. The lowest BCUT2D eigenvalue weighted by Gasteiger charge is -2.33. The van der Waals surface area contributed by atoms with Crippen molar-refractivity contribution < 1.29 is 14.3 Å². The molecule has 1 atom stereocenters. The number of carbonyl (C=O) groups excluding carboxylic acids is 2. The van der Waals surface area contributed by atoms with Gasteiger partial charge in [0.1, 0.15) is 5.75 Å². The standard InChI is InChI=1S/C23H30N4O3/c1-3-11-27-19-16-26(15-14-25-12-5-4-6-13-25)22(28)20(19)21(24-23(27)29)17-7-9-18(30-2)10-8-17/h3,7-10,21H,1,4-6,11-16H2,2H3,(H,24,29). The van der Waals surface area contributed by atoms with E-state index in [0.29, 0.717) is 25.2 Å². The Labute approximate surface area is 178 Å². The maximum Gasteiger partial charge on any atom is 0.322 e. The minimum Gasteiger partial charge on any atom is -0.497 e. The van der Waals surface area contributed by atoms with Gasteiger partial charge in [0.15, 0.2) is 0 Å². The van der Waals surface area contributed by atoms with Gasteiger partial charge in [-0.2, -0.15) is 0 Å². The fourth-order valence-corrected chi connectivity index (χ4v) is 4.54. The molecule has 1 unspecified atom stereocenters. The molecule has 0 aromatic heterocycles. The summed E-state index contributed by atoms with van der Waals surface area (Å²) in [5.41, 5.74) is 2.34. The van der Waals surface area contributed by atoms with Crippen molar-refractivity contribution in [3.63, 3.8) is 0 Å². The zero-order chi connectivity index (χ0) is 21.1. The summed E-state index contributed by atoms with van der Waals surface area (Å²) in [6.45, 7) is 8.38. The van der Waals surface area contributed by atoms with Gasteiger partial charge in [0.25, 0.3) is 5.91 Å². The Morgan fingerprint density at radius 2 is 1.87 bits per heavy atom. The molecule has 3 heterocycles. The van der Waals surface area contributed by atoms with Crippen molar-refractivity contribution in [1.82, 2.24) is 20.0 Å². The molecule has 4 rings (SSSR count). The molecule has 1 aromatic rings. The second kappa shape index (κ2) is 8.92. The molecule has 0 saturated carbocycles. The van der Waals surface area contributed by atoms with Crippen LogP contribution in [0.5, 0.6) is 5.75 Å². The Balaban J connectivity index is 1.57. The van der Waals surface area contributed by atoms with Crippen LogP contribution >= 0.6 is 0 Å². The molecule has 0 bridgehead atoms. The number of benzene rings is 1. The number of nitrogens with zero attached hydrogens (tertiary/aromatic N) is 3. The van der Waals surface area contributed by atoms with Gasteiger partial charge in [0, 0.05) is 19.6 Å². The zero-order valence-corrected chi connectivity index (χ0v) is 17.6. The smallest absolute Gasteiger partial charge is 0.322 e. The monoisotopic (exact) mass is 410 g/mol. The Kier molecular flexibility index (Phi) is 6.08. The molecule has 0 radical (unpaired) electrons. The fraction of sp³-hybridized carbons (Fsp3) is 0.478. The van der Waals surface area contributed by atoms with Crippen LogP contribution < -0.4 is 10.1 Å². The van der Waals surface area contributed by atoms with E-state index in [-0.39, 0.29) is 11.9 Å². The summed E-state index contributed by atoms with van der Waals surface area (Å²) in [6, 6.07) is 6.87. The average molecular weight is 411 g/mol. The predicted molar refractivity (Wildman–Crippen MR) is 115 cm³/mol. The molecule has 30 heavy (non-hydrogen) atoms. The van der Waals surface area contributed by atoms with Crippen LogP contribution in [0, 0.1) is 0 Å². The lowest BCUT2D eigenvalue weighted by atomic mass is 9.95. The summed E-state index contributed by atoms with van der Waals surface area (Å²) in [5.74, 6) is 0.751. The molecule has 1 saturated heterocycles. The molecular weight excluding hydrogens is 380 g/mol. The van der Waals surface area contributed by atoms with Crippen molar-refractivity contribution >= 4 is 11.9 Å². The van der Waals surface area contributed by atoms with Crippen LogP contribution in [-0.2, 0) is 4.79 Å². The molecule has 3 amide bonds. The van der Waals surface area contributed by atoms with Crippen molar-refractivity contribution in [1.29, 1.82) is 0 Å². The van der Waals surface area contributed by atoms with E-state index in [2.05, 4.69) is 16.8 Å². The Hall–Kier alpha value is -2.80. The fourth-order valence-electron chi connectivity index (χ4n) is 4.54. The lowest BCUT2D eigenvalue weighted by Crippen LogP contribution is -2.47. The number of piperidine rings is 1.